The van der Waals surface area contributed by atoms with E-state index in [0.717, 1.165) is 56.6 Å². The number of hydrogen-bond donors (Lipinski definition) is 1. The number of para-hydroxylation sites is 2. The number of rotatable bonds is 12. The Kier molecular flexibility index (Phi) is 11.2. The van der Waals surface area contributed by atoms with Crippen LogP contribution in [0.15, 0.2) is 103 Å². The summed E-state index contributed by atoms with van der Waals surface area (Å²) in [6.45, 7) is 4.00. The Hall–Kier alpha value is -4.95. The molecule has 8 heteroatoms. The molecule has 0 atom stereocenters. The predicted octanol–water partition coefficient (Wildman–Crippen LogP) is 6.60. The first kappa shape index (κ1) is 32.4. The van der Waals surface area contributed by atoms with E-state index in [1.807, 2.05) is 77.7 Å². The number of carbonyl (C=O) groups excluding carboxylic acids is 3. The molecule has 8 nitrogen and oxygen atoms in total. The van der Waals surface area contributed by atoms with Gasteiger partial charge in [0.15, 0.2) is 0 Å². The van der Waals surface area contributed by atoms with Gasteiger partial charge in [-0.3, -0.25) is 14.4 Å². The van der Waals surface area contributed by atoms with Crippen molar-refractivity contribution >= 4 is 29.1 Å². The maximum Gasteiger partial charge on any atom is 0.258 e. The van der Waals surface area contributed by atoms with Gasteiger partial charge in [-0.25, -0.2) is 0 Å². The second kappa shape index (κ2) is 15.9. The van der Waals surface area contributed by atoms with Crippen molar-refractivity contribution in [1.82, 2.24) is 9.80 Å². The van der Waals surface area contributed by atoms with Crippen molar-refractivity contribution in [2.45, 2.75) is 25.7 Å². The van der Waals surface area contributed by atoms with Crippen molar-refractivity contribution in [3.63, 3.8) is 0 Å². The number of anilines is 2. The lowest BCUT2D eigenvalue weighted by atomic mass is 9.99. The van der Waals surface area contributed by atoms with Gasteiger partial charge < -0.3 is 24.8 Å². The van der Waals surface area contributed by atoms with E-state index in [2.05, 4.69) is 17.3 Å². The predicted molar refractivity (Wildman–Crippen MR) is 183 cm³/mol. The molecular formula is C38H42N4O4. The fourth-order valence-corrected chi connectivity index (χ4v) is 5.56. The molecule has 0 spiro atoms. The van der Waals surface area contributed by atoms with Crippen LogP contribution in [-0.2, 0) is 4.79 Å². The van der Waals surface area contributed by atoms with E-state index in [9.17, 15) is 14.4 Å². The molecule has 46 heavy (non-hydrogen) atoms. The summed E-state index contributed by atoms with van der Waals surface area (Å²) in [6.07, 6.45) is 3.13. The number of likely N-dealkylation sites (N-methyl/N-ethyl adjacent to an activating group) is 1. The molecule has 238 valence electrons. The summed E-state index contributed by atoms with van der Waals surface area (Å²) in [5, 5.41) is 2.96. The Balaban J connectivity index is 1.12. The molecule has 3 amide bonds. The Morgan fingerprint density at radius 1 is 0.761 bits per heavy atom. The fourth-order valence-electron chi connectivity index (χ4n) is 5.56. The minimum absolute atomic E-state index is 0.189. The number of nitrogens with one attached hydrogen (secondary N) is 1. The molecule has 0 aliphatic carbocycles. The molecule has 1 fully saturated rings. The smallest absolute Gasteiger partial charge is 0.258 e. The quantitative estimate of drug-likeness (QED) is 0.181. The third kappa shape index (κ3) is 8.40. The van der Waals surface area contributed by atoms with Gasteiger partial charge in [-0.05, 0) is 79.9 Å². The van der Waals surface area contributed by atoms with E-state index in [4.69, 9.17) is 4.74 Å². The zero-order chi connectivity index (χ0) is 32.3. The van der Waals surface area contributed by atoms with E-state index < -0.39 is 0 Å². The molecule has 1 aliphatic rings. The van der Waals surface area contributed by atoms with Gasteiger partial charge in [0.05, 0.1) is 12.3 Å². The summed E-state index contributed by atoms with van der Waals surface area (Å²) in [6, 6.07) is 31.7. The lowest BCUT2D eigenvalue weighted by Crippen LogP contribution is -2.47. The van der Waals surface area contributed by atoms with Crippen LogP contribution in [0.4, 0.5) is 11.4 Å². The van der Waals surface area contributed by atoms with E-state index in [1.54, 1.807) is 42.3 Å². The number of piperazine rings is 1. The highest BCUT2D eigenvalue weighted by atomic mass is 16.5. The third-order valence-electron chi connectivity index (χ3n) is 8.33. The van der Waals surface area contributed by atoms with Gasteiger partial charge in [0.25, 0.3) is 11.8 Å². The minimum atomic E-state index is -0.219. The SMILES string of the molecule is CN1CCN(C(=O)CCCCCOc2ccccc2N(C)C(=O)c2ccc(NC(=O)c3ccccc3-c3ccccc3)cc2)CC1. The molecule has 1 saturated heterocycles. The largest absolute Gasteiger partial charge is 0.491 e. The van der Waals surface area contributed by atoms with Crippen molar-refractivity contribution in [3.05, 3.63) is 114 Å². The van der Waals surface area contributed by atoms with Crippen LogP contribution >= 0.6 is 0 Å². The number of unbranched alkanes of at least 4 members (excludes halogenated alkanes) is 2. The van der Waals surface area contributed by atoms with Gasteiger partial charge in [0.1, 0.15) is 5.75 Å². The Morgan fingerprint density at radius 2 is 1.43 bits per heavy atom. The summed E-state index contributed by atoms with van der Waals surface area (Å²) in [5.41, 5.74) is 4.16. The number of ether oxygens (including phenoxy) is 1. The maximum atomic E-state index is 13.4. The van der Waals surface area contributed by atoms with Crippen LogP contribution in [0.25, 0.3) is 11.1 Å². The van der Waals surface area contributed by atoms with Crippen LogP contribution in [0.2, 0.25) is 0 Å². The van der Waals surface area contributed by atoms with Gasteiger partial charge in [0.2, 0.25) is 5.91 Å². The van der Waals surface area contributed by atoms with E-state index in [-0.39, 0.29) is 17.7 Å². The van der Waals surface area contributed by atoms with Crippen LogP contribution in [0, 0.1) is 0 Å². The van der Waals surface area contributed by atoms with Gasteiger partial charge >= 0.3 is 0 Å². The average molecular weight is 619 g/mol. The van der Waals surface area contributed by atoms with Gasteiger partial charge in [-0.1, -0.05) is 60.7 Å². The Labute approximate surface area is 271 Å². The second-order valence-corrected chi connectivity index (χ2v) is 11.6. The molecule has 5 rings (SSSR count). The first-order valence-electron chi connectivity index (χ1n) is 15.9. The number of hydrogen-bond acceptors (Lipinski definition) is 5. The van der Waals surface area contributed by atoms with Crippen molar-refractivity contribution < 1.29 is 19.1 Å². The van der Waals surface area contributed by atoms with Crippen molar-refractivity contribution in [2.75, 3.05) is 57.1 Å². The summed E-state index contributed by atoms with van der Waals surface area (Å²) in [5.74, 6) is 0.463. The number of amides is 3. The van der Waals surface area contributed by atoms with Crippen molar-refractivity contribution in [2.24, 2.45) is 0 Å². The molecule has 0 unspecified atom stereocenters. The zero-order valence-electron chi connectivity index (χ0n) is 26.7. The highest BCUT2D eigenvalue weighted by molar-refractivity contribution is 6.09. The second-order valence-electron chi connectivity index (χ2n) is 11.6. The van der Waals surface area contributed by atoms with E-state index in [0.29, 0.717) is 41.3 Å². The summed E-state index contributed by atoms with van der Waals surface area (Å²) in [7, 11) is 3.81. The van der Waals surface area contributed by atoms with Crippen LogP contribution in [0.5, 0.6) is 5.75 Å². The molecular weight excluding hydrogens is 576 g/mol. The standard InChI is InChI=1S/C38H42N4O4/c1-40-24-26-42(27-25-40)36(43)19-7-4-12-28-46-35-18-11-10-17-34(35)41(2)38(45)30-20-22-31(23-21-30)39-37(44)33-16-9-8-15-32(33)29-13-5-3-6-14-29/h3,5-6,8-11,13-18,20-23H,4,7,12,19,24-28H2,1-2H3,(H,39,44). The van der Waals surface area contributed by atoms with Gasteiger partial charge in [0, 0.05) is 56.5 Å². The van der Waals surface area contributed by atoms with Gasteiger partial charge in [-0.15, -0.1) is 0 Å². The summed E-state index contributed by atoms with van der Waals surface area (Å²) in [4.78, 5) is 44.9. The summed E-state index contributed by atoms with van der Waals surface area (Å²) >= 11 is 0. The Bertz CT molecular complexity index is 1620. The summed E-state index contributed by atoms with van der Waals surface area (Å²) < 4.78 is 6.08. The molecule has 0 aromatic heterocycles. The zero-order valence-corrected chi connectivity index (χ0v) is 26.7. The van der Waals surface area contributed by atoms with Crippen LogP contribution < -0.4 is 15.0 Å². The van der Waals surface area contributed by atoms with Gasteiger partial charge in [-0.2, -0.15) is 0 Å². The highest BCUT2D eigenvalue weighted by Crippen LogP contribution is 2.29. The monoisotopic (exact) mass is 618 g/mol. The molecule has 0 bridgehead atoms. The average Bonchev–Trinajstić information content (AvgIpc) is 3.10. The molecule has 0 radical (unpaired) electrons. The lowest BCUT2D eigenvalue weighted by molar-refractivity contribution is -0.132. The highest BCUT2D eigenvalue weighted by Gasteiger charge is 2.20. The number of benzene rings is 4. The lowest BCUT2D eigenvalue weighted by Gasteiger charge is -2.32. The van der Waals surface area contributed by atoms with Crippen molar-refractivity contribution in [1.29, 1.82) is 0 Å². The maximum absolute atomic E-state index is 13.4. The first-order chi connectivity index (χ1) is 22.4. The Morgan fingerprint density at radius 3 is 2.20 bits per heavy atom. The normalized spacial score (nSPS) is 13.2. The fraction of sp³-hybridized carbons (Fsp3) is 0.289. The topological polar surface area (TPSA) is 82.2 Å². The third-order valence-corrected chi connectivity index (χ3v) is 8.33. The van der Waals surface area contributed by atoms with E-state index in [1.165, 1.54) is 0 Å². The molecule has 0 saturated carbocycles. The number of carbonyl (C=O) groups is 3. The number of nitrogens with zero attached hydrogens (tertiary/aromatic N) is 3. The molecule has 4 aromatic carbocycles. The first-order valence-corrected chi connectivity index (χ1v) is 15.9. The molecule has 4 aromatic rings. The molecule has 1 aliphatic heterocycles. The molecule has 1 heterocycles. The molecule has 1 N–H and O–H groups in total. The van der Waals surface area contributed by atoms with Crippen LogP contribution in [-0.4, -0.2) is 74.4 Å². The van der Waals surface area contributed by atoms with Crippen molar-refractivity contribution in [3.8, 4) is 16.9 Å². The van der Waals surface area contributed by atoms with Crippen LogP contribution in [0.1, 0.15) is 46.4 Å². The van der Waals surface area contributed by atoms with E-state index >= 15 is 0 Å². The van der Waals surface area contributed by atoms with Crippen LogP contribution in [0.3, 0.4) is 0 Å². The minimum Gasteiger partial charge on any atom is -0.491 e.